The van der Waals surface area contributed by atoms with E-state index in [9.17, 15) is 9.59 Å². The zero-order valence-electron chi connectivity index (χ0n) is 13.0. The van der Waals surface area contributed by atoms with Crippen LogP contribution < -0.4 is 0 Å². The van der Waals surface area contributed by atoms with Crippen LogP contribution in [0.2, 0.25) is 0 Å². The average Bonchev–Trinajstić information content (AvgIpc) is 3.18. The molecule has 1 aromatic heterocycles. The lowest BCUT2D eigenvalue weighted by Gasteiger charge is -2.08. The molecule has 4 rings (SSSR count). The van der Waals surface area contributed by atoms with Crippen LogP contribution in [-0.4, -0.2) is 27.6 Å². The van der Waals surface area contributed by atoms with Crippen molar-refractivity contribution in [2.45, 2.75) is 0 Å². The van der Waals surface area contributed by atoms with E-state index >= 15 is 0 Å². The fraction of sp³-hybridized carbons (Fsp3) is 0. The largest absolute Gasteiger partial charge is 0.316 e. The Hall–Kier alpha value is -2.99. The number of imide groups is 1. The van der Waals surface area contributed by atoms with Gasteiger partial charge >= 0.3 is 0 Å². The number of hydrogen-bond acceptors (Lipinski definition) is 3. The zero-order valence-corrected chi connectivity index (χ0v) is 14.6. The normalized spacial score (nSPS) is 13.7. The summed E-state index contributed by atoms with van der Waals surface area (Å²) in [6.07, 6.45) is 3.41. The molecule has 0 spiro atoms. The first kappa shape index (κ1) is 15.5. The van der Waals surface area contributed by atoms with Gasteiger partial charge in [-0.2, -0.15) is 10.1 Å². The highest BCUT2D eigenvalue weighted by molar-refractivity contribution is 9.10. The third-order valence-electron chi connectivity index (χ3n) is 3.94. The fourth-order valence-corrected chi connectivity index (χ4v) is 3.15. The molecule has 0 atom stereocenters. The van der Waals surface area contributed by atoms with E-state index in [1.54, 1.807) is 24.3 Å². The van der Waals surface area contributed by atoms with E-state index in [1.807, 2.05) is 47.2 Å². The monoisotopic (exact) mass is 393 g/mol. The van der Waals surface area contributed by atoms with Gasteiger partial charge in [0, 0.05) is 16.4 Å². The van der Waals surface area contributed by atoms with E-state index in [2.05, 4.69) is 21.0 Å². The van der Waals surface area contributed by atoms with Gasteiger partial charge in [0.1, 0.15) is 0 Å². The SMILES string of the molecule is O=C1c2ccccc2C(=O)N1/N=C\c1cccn1-c1cccc(Br)c1. The second-order valence-corrected chi connectivity index (χ2v) is 6.41. The lowest BCUT2D eigenvalue weighted by atomic mass is 10.1. The first-order valence-corrected chi connectivity index (χ1v) is 8.39. The molecule has 1 aliphatic rings. The molecule has 0 unspecified atom stereocenters. The Bertz CT molecular complexity index is 988. The average molecular weight is 394 g/mol. The Balaban J connectivity index is 1.66. The molecule has 2 heterocycles. The minimum Gasteiger partial charge on any atom is -0.316 e. The molecule has 1 aliphatic heterocycles. The topological polar surface area (TPSA) is 54.7 Å². The molecule has 0 aliphatic carbocycles. The summed E-state index contributed by atoms with van der Waals surface area (Å²) in [7, 11) is 0. The minimum atomic E-state index is -0.405. The molecule has 3 aromatic rings. The van der Waals surface area contributed by atoms with Crippen LogP contribution >= 0.6 is 15.9 Å². The fourth-order valence-electron chi connectivity index (χ4n) is 2.76. The number of carbonyl (C=O) groups is 2. The number of amides is 2. The molecule has 0 fully saturated rings. The van der Waals surface area contributed by atoms with E-state index in [4.69, 9.17) is 0 Å². The molecule has 25 heavy (non-hydrogen) atoms. The third-order valence-corrected chi connectivity index (χ3v) is 4.44. The first-order chi connectivity index (χ1) is 12.1. The van der Waals surface area contributed by atoms with Gasteiger partial charge in [-0.25, -0.2) is 0 Å². The molecule has 0 saturated heterocycles. The van der Waals surface area contributed by atoms with Crippen LogP contribution in [0, 0.1) is 0 Å². The van der Waals surface area contributed by atoms with Crippen LogP contribution in [0.5, 0.6) is 0 Å². The van der Waals surface area contributed by atoms with Gasteiger partial charge in [-0.3, -0.25) is 9.59 Å². The van der Waals surface area contributed by atoms with Crippen molar-refractivity contribution in [2.24, 2.45) is 5.10 Å². The summed E-state index contributed by atoms with van der Waals surface area (Å²) in [5, 5.41) is 5.03. The van der Waals surface area contributed by atoms with Crippen molar-refractivity contribution >= 4 is 34.0 Å². The molecule has 0 radical (unpaired) electrons. The van der Waals surface area contributed by atoms with Crippen molar-refractivity contribution in [3.8, 4) is 5.69 Å². The smallest absolute Gasteiger partial charge is 0.282 e. The van der Waals surface area contributed by atoms with Gasteiger partial charge in [-0.05, 0) is 42.5 Å². The summed E-state index contributed by atoms with van der Waals surface area (Å²) < 4.78 is 2.88. The standard InChI is InChI=1S/C19H12BrN3O2/c20-13-5-3-6-14(11-13)22-10-4-7-15(22)12-21-23-18(24)16-8-1-2-9-17(16)19(23)25/h1-12H/b21-12-. The van der Waals surface area contributed by atoms with Crippen molar-refractivity contribution in [1.82, 2.24) is 9.58 Å². The number of hydrogen-bond donors (Lipinski definition) is 0. The van der Waals surface area contributed by atoms with Gasteiger partial charge < -0.3 is 4.57 Å². The summed E-state index contributed by atoms with van der Waals surface area (Å²) >= 11 is 3.45. The molecule has 2 aromatic carbocycles. The minimum absolute atomic E-state index is 0.382. The van der Waals surface area contributed by atoms with Gasteiger partial charge in [0.15, 0.2) is 0 Å². The maximum absolute atomic E-state index is 12.3. The van der Waals surface area contributed by atoms with Crippen LogP contribution in [0.4, 0.5) is 0 Å². The van der Waals surface area contributed by atoms with E-state index < -0.39 is 11.8 Å². The van der Waals surface area contributed by atoms with Gasteiger partial charge in [-0.1, -0.05) is 34.1 Å². The molecule has 0 bridgehead atoms. The number of hydrazone groups is 1. The third kappa shape index (κ3) is 2.70. The van der Waals surface area contributed by atoms with Crippen molar-refractivity contribution < 1.29 is 9.59 Å². The summed E-state index contributed by atoms with van der Waals surface area (Å²) in [6.45, 7) is 0. The number of nitrogens with zero attached hydrogens (tertiary/aromatic N) is 3. The predicted octanol–water partition coefficient (Wildman–Crippen LogP) is 3.87. The lowest BCUT2D eigenvalue weighted by Crippen LogP contribution is -2.24. The highest BCUT2D eigenvalue weighted by atomic mass is 79.9. The Kier molecular flexibility index (Phi) is 3.82. The summed E-state index contributed by atoms with van der Waals surface area (Å²) in [5.41, 5.74) is 2.47. The molecule has 2 amide bonds. The molecule has 6 heteroatoms. The summed E-state index contributed by atoms with van der Waals surface area (Å²) in [5.74, 6) is -0.810. The number of fused-ring (bicyclic) bond motifs is 1. The molecule has 5 nitrogen and oxygen atoms in total. The second kappa shape index (κ2) is 6.14. The van der Waals surface area contributed by atoms with Gasteiger partial charge in [-0.15, -0.1) is 0 Å². The Morgan fingerprint density at radius 3 is 2.28 bits per heavy atom. The zero-order chi connectivity index (χ0) is 17.4. The molecular weight excluding hydrogens is 382 g/mol. The van der Waals surface area contributed by atoms with Gasteiger partial charge in [0.2, 0.25) is 0 Å². The summed E-state index contributed by atoms with van der Waals surface area (Å²) in [6, 6.07) is 18.3. The molecular formula is C19H12BrN3O2. The number of benzene rings is 2. The van der Waals surface area contributed by atoms with Crippen LogP contribution in [0.25, 0.3) is 5.69 Å². The van der Waals surface area contributed by atoms with Gasteiger partial charge in [0.25, 0.3) is 11.8 Å². The van der Waals surface area contributed by atoms with Crippen LogP contribution in [-0.2, 0) is 0 Å². The lowest BCUT2D eigenvalue weighted by molar-refractivity contribution is 0.0660. The molecule has 0 saturated carbocycles. The van der Waals surface area contributed by atoms with Crippen molar-refractivity contribution in [3.63, 3.8) is 0 Å². The molecule has 0 N–H and O–H groups in total. The highest BCUT2D eigenvalue weighted by Crippen LogP contribution is 2.23. The van der Waals surface area contributed by atoms with Crippen LogP contribution in [0.15, 0.2) is 76.4 Å². The number of halogens is 1. The van der Waals surface area contributed by atoms with Crippen LogP contribution in [0.1, 0.15) is 26.4 Å². The number of carbonyl (C=O) groups excluding carboxylic acids is 2. The van der Waals surface area contributed by atoms with Gasteiger partial charge in [0.05, 0.1) is 23.0 Å². The Morgan fingerprint density at radius 2 is 1.60 bits per heavy atom. The van der Waals surface area contributed by atoms with Crippen molar-refractivity contribution in [2.75, 3.05) is 0 Å². The summed E-state index contributed by atoms with van der Waals surface area (Å²) in [4.78, 5) is 24.7. The first-order valence-electron chi connectivity index (χ1n) is 7.60. The maximum atomic E-state index is 12.3. The number of aromatic nitrogens is 1. The quantitative estimate of drug-likeness (QED) is 0.500. The maximum Gasteiger partial charge on any atom is 0.282 e. The van der Waals surface area contributed by atoms with E-state index in [-0.39, 0.29) is 0 Å². The second-order valence-electron chi connectivity index (χ2n) is 5.50. The van der Waals surface area contributed by atoms with E-state index in [1.165, 1.54) is 6.21 Å². The van der Waals surface area contributed by atoms with Crippen LogP contribution in [0.3, 0.4) is 0 Å². The predicted molar refractivity (Wildman–Crippen MR) is 98.0 cm³/mol. The number of rotatable bonds is 3. The van der Waals surface area contributed by atoms with E-state index in [0.29, 0.717) is 11.1 Å². The van der Waals surface area contributed by atoms with E-state index in [0.717, 1.165) is 20.9 Å². The Morgan fingerprint density at radius 1 is 0.880 bits per heavy atom. The highest BCUT2D eigenvalue weighted by Gasteiger charge is 2.35. The van der Waals surface area contributed by atoms with Crippen molar-refractivity contribution in [1.29, 1.82) is 0 Å². The Labute approximate surface area is 152 Å². The van der Waals surface area contributed by atoms with Crippen molar-refractivity contribution in [3.05, 3.63) is 88.2 Å². The molecule has 122 valence electrons.